The van der Waals surface area contributed by atoms with Crippen LogP contribution in [0.25, 0.3) is 11.3 Å². The van der Waals surface area contributed by atoms with E-state index in [-0.39, 0.29) is 11.7 Å². The van der Waals surface area contributed by atoms with Crippen molar-refractivity contribution in [3.05, 3.63) is 77.9 Å². The van der Waals surface area contributed by atoms with Crippen LogP contribution in [0.15, 0.2) is 60.8 Å². The summed E-state index contributed by atoms with van der Waals surface area (Å²) in [6.45, 7) is 0. The molecule has 1 aromatic heterocycles. The number of aryl methyl sites for hydroxylation is 2. The fourth-order valence-corrected chi connectivity index (χ4v) is 4.57. The Morgan fingerprint density at radius 2 is 1.73 bits per heavy atom. The van der Waals surface area contributed by atoms with E-state index in [1.54, 1.807) is 18.3 Å². The van der Waals surface area contributed by atoms with Crippen LogP contribution >= 0.6 is 0 Å². The number of benzene rings is 2. The Kier molecular flexibility index (Phi) is 8.18. The highest BCUT2D eigenvalue weighted by Gasteiger charge is 2.17. The Bertz CT molecular complexity index is 1030. The molecular formula is C28H32FN3O. The first-order valence-electron chi connectivity index (χ1n) is 12.1. The summed E-state index contributed by atoms with van der Waals surface area (Å²) in [6.07, 6.45) is 12.1. The molecule has 0 unspecified atom stereocenters. The molecule has 5 heteroatoms. The fourth-order valence-electron chi connectivity index (χ4n) is 4.57. The maximum absolute atomic E-state index is 13.3. The van der Waals surface area contributed by atoms with Crippen LogP contribution in [0.1, 0.15) is 62.6 Å². The largest absolute Gasteiger partial charge is 0.309 e. The molecule has 0 bridgehead atoms. The van der Waals surface area contributed by atoms with E-state index in [1.807, 2.05) is 18.2 Å². The maximum atomic E-state index is 13.3. The number of nitrogens with zero attached hydrogens (tertiary/aromatic N) is 2. The number of anilines is 1. The number of carbonyl (C=O) groups excluding carboxylic acids is 1. The summed E-state index contributed by atoms with van der Waals surface area (Å²) >= 11 is 0. The van der Waals surface area contributed by atoms with Crippen LogP contribution in [-0.4, -0.2) is 15.9 Å². The summed E-state index contributed by atoms with van der Waals surface area (Å²) in [4.78, 5) is 22.0. The molecule has 1 amide bonds. The van der Waals surface area contributed by atoms with Crippen molar-refractivity contribution < 1.29 is 9.18 Å². The molecule has 1 saturated carbocycles. The number of aromatic nitrogens is 2. The van der Waals surface area contributed by atoms with Crippen LogP contribution < -0.4 is 5.32 Å². The lowest BCUT2D eigenvalue weighted by Gasteiger charge is -2.21. The smallest absolute Gasteiger partial charge is 0.225 e. The van der Waals surface area contributed by atoms with Crippen LogP contribution in [0.3, 0.4) is 0 Å². The summed E-state index contributed by atoms with van der Waals surface area (Å²) in [5.74, 6) is 0.961. The topological polar surface area (TPSA) is 54.9 Å². The molecule has 0 atom stereocenters. The van der Waals surface area contributed by atoms with Crippen molar-refractivity contribution in [3.63, 3.8) is 0 Å². The predicted molar refractivity (Wildman–Crippen MR) is 130 cm³/mol. The van der Waals surface area contributed by atoms with E-state index in [9.17, 15) is 9.18 Å². The molecule has 2 aromatic carbocycles. The average Bonchev–Trinajstić information content (AvgIpc) is 2.85. The van der Waals surface area contributed by atoms with Gasteiger partial charge in [0.15, 0.2) is 5.82 Å². The van der Waals surface area contributed by atoms with Crippen molar-refractivity contribution in [2.24, 2.45) is 5.92 Å². The summed E-state index contributed by atoms with van der Waals surface area (Å²) in [5.41, 5.74) is 3.58. The van der Waals surface area contributed by atoms with Crippen LogP contribution in [0.5, 0.6) is 0 Å². The molecule has 172 valence electrons. The Morgan fingerprint density at radius 3 is 2.48 bits per heavy atom. The molecular weight excluding hydrogens is 413 g/mol. The molecule has 4 rings (SSSR count). The normalized spacial score (nSPS) is 14.2. The zero-order chi connectivity index (χ0) is 22.9. The van der Waals surface area contributed by atoms with E-state index < -0.39 is 0 Å². The van der Waals surface area contributed by atoms with Gasteiger partial charge in [-0.25, -0.2) is 14.4 Å². The lowest BCUT2D eigenvalue weighted by atomic mass is 9.86. The second-order valence-electron chi connectivity index (χ2n) is 8.99. The third-order valence-corrected chi connectivity index (χ3v) is 6.47. The lowest BCUT2D eigenvalue weighted by Crippen LogP contribution is -2.16. The summed E-state index contributed by atoms with van der Waals surface area (Å²) in [6, 6.07) is 16.5. The number of nitrogens with one attached hydrogen (secondary N) is 1. The van der Waals surface area contributed by atoms with Crippen LogP contribution in [-0.2, 0) is 17.6 Å². The Balaban J connectivity index is 1.43. The quantitative estimate of drug-likeness (QED) is 0.396. The molecule has 1 fully saturated rings. The first-order chi connectivity index (χ1) is 16.2. The third-order valence-electron chi connectivity index (χ3n) is 6.47. The number of rotatable bonds is 9. The van der Waals surface area contributed by atoms with E-state index in [0.29, 0.717) is 23.9 Å². The van der Waals surface area contributed by atoms with Gasteiger partial charge >= 0.3 is 0 Å². The second kappa shape index (κ2) is 11.7. The molecule has 4 nitrogen and oxygen atoms in total. The first-order valence-corrected chi connectivity index (χ1v) is 12.1. The van der Waals surface area contributed by atoms with Gasteiger partial charge in [-0.3, -0.25) is 4.79 Å². The van der Waals surface area contributed by atoms with Gasteiger partial charge in [0.25, 0.3) is 0 Å². The predicted octanol–water partition coefficient (Wildman–Crippen LogP) is 6.76. The van der Waals surface area contributed by atoms with Crippen molar-refractivity contribution in [1.82, 2.24) is 9.97 Å². The average molecular weight is 446 g/mol. The van der Waals surface area contributed by atoms with Gasteiger partial charge in [0.1, 0.15) is 5.82 Å². The van der Waals surface area contributed by atoms with Crippen LogP contribution in [0.2, 0.25) is 0 Å². The van der Waals surface area contributed by atoms with Gasteiger partial charge in [-0.15, -0.1) is 0 Å². The standard InChI is InChI=1S/C28H32FN3O/c29-24-17-15-23(16-18-24)26-20-30-28(25(31-26)19-14-22-10-5-2-6-11-22)32-27(33)13-7-12-21-8-3-1-4-9-21/h1,3-4,8-9,15-18,20,22H,2,5-7,10-14,19H2,(H,30,32,33). The van der Waals surface area contributed by atoms with E-state index in [4.69, 9.17) is 4.98 Å². The number of halogens is 1. The van der Waals surface area contributed by atoms with Gasteiger partial charge in [0, 0.05) is 12.0 Å². The maximum Gasteiger partial charge on any atom is 0.225 e. The Morgan fingerprint density at radius 1 is 0.970 bits per heavy atom. The lowest BCUT2D eigenvalue weighted by molar-refractivity contribution is -0.116. The summed E-state index contributed by atoms with van der Waals surface area (Å²) < 4.78 is 13.3. The Hall–Kier alpha value is -3.08. The molecule has 0 aliphatic heterocycles. The fraction of sp³-hybridized carbons (Fsp3) is 0.393. The Labute approximate surface area is 195 Å². The van der Waals surface area contributed by atoms with Crippen LogP contribution in [0.4, 0.5) is 10.2 Å². The van der Waals surface area contributed by atoms with E-state index in [1.165, 1.54) is 49.8 Å². The molecule has 0 spiro atoms. The number of carbonyl (C=O) groups is 1. The third kappa shape index (κ3) is 6.95. The second-order valence-corrected chi connectivity index (χ2v) is 8.99. The molecule has 1 N–H and O–H groups in total. The minimum absolute atomic E-state index is 0.0336. The molecule has 0 radical (unpaired) electrons. The minimum atomic E-state index is -0.274. The van der Waals surface area contributed by atoms with E-state index in [0.717, 1.165) is 36.9 Å². The monoisotopic (exact) mass is 445 g/mol. The van der Waals surface area contributed by atoms with E-state index >= 15 is 0 Å². The summed E-state index contributed by atoms with van der Waals surface area (Å²) in [7, 11) is 0. The van der Waals surface area contributed by atoms with E-state index in [2.05, 4.69) is 22.4 Å². The zero-order valence-corrected chi connectivity index (χ0v) is 19.1. The highest BCUT2D eigenvalue weighted by Crippen LogP contribution is 2.29. The van der Waals surface area contributed by atoms with Crippen molar-refractivity contribution in [3.8, 4) is 11.3 Å². The molecule has 0 saturated heterocycles. The van der Waals surface area contributed by atoms with Crippen LogP contribution in [0, 0.1) is 11.7 Å². The first kappa shape index (κ1) is 23.1. The molecule has 33 heavy (non-hydrogen) atoms. The molecule has 1 aliphatic rings. The van der Waals surface area contributed by atoms with Crippen molar-refractivity contribution in [1.29, 1.82) is 0 Å². The molecule has 3 aromatic rings. The van der Waals surface area contributed by atoms with Crippen molar-refractivity contribution in [2.75, 3.05) is 5.32 Å². The van der Waals surface area contributed by atoms with Crippen molar-refractivity contribution >= 4 is 11.7 Å². The van der Waals surface area contributed by atoms with Gasteiger partial charge in [-0.05, 0) is 61.4 Å². The van der Waals surface area contributed by atoms with Crippen molar-refractivity contribution in [2.45, 2.75) is 64.2 Å². The molecule has 1 aliphatic carbocycles. The molecule has 1 heterocycles. The van der Waals surface area contributed by atoms with Gasteiger partial charge in [0.2, 0.25) is 5.91 Å². The number of hydrogen-bond donors (Lipinski definition) is 1. The number of hydrogen-bond acceptors (Lipinski definition) is 3. The van der Waals surface area contributed by atoms with Gasteiger partial charge < -0.3 is 5.32 Å². The van der Waals surface area contributed by atoms with Gasteiger partial charge in [-0.1, -0.05) is 62.4 Å². The zero-order valence-electron chi connectivity index (χ0n) is 19.1. The SMILES string of the molecule is O=C(CCCc1ccccc1)Nc1ncc(-c2ccc(F)cc2)nc1CCC1CCCCC1. The van der Waals surface area contributed by atoms with Gasteiger partial charge in [-0.2, -0.15) is 0 Å². The highest BCUT2D eigenvalue weighted by atomic mass is 19.1. The summed E-state index contributed by atoms with van der Waals surface area (Å²) in [5, 5.41) is 3.00. The highest BCUT2D eigenvalue weighted by molar-refractivity contribution is 5.90. The minimum Gasteiger partial charge on any atom is -0.309 e. The van der Waals surface area contributed by atoms with Gasteiger partial charge in [0.05, 0.1) is 17.6 Å². The number of amides is 1.